The number of thiophene rings is 1. The minimum Gasteiger partial charge on any atom is -0.349 e. The van der Waals surface area contributed by atoms with Crippen molar-refractivity contribution in [1.82, 2.24) is 15.3 Å². The summed E-state index contributed by atoms with van der Waals surface area (Å²) in [5.41, 5.74) is 0.772. The van der Waals surface area contributed by atoms with Crippen molar-refractivity contribution >= 4 is 29.0 Å². The molecule has 0 radical (unpaired) electrons. The van der Waals surface area contributed by atoms with E-state index in [0.717, 1.165) is 36.4 Å². The predicted molar refractivity (Wildman–Crippen MR) is 85.7 cm³/mol. The Balaban J connectivity index is 1.46. The van der Waals surface area contributed by atoms with Crippen LogP contribution in [0.4, 0.5) is 0 Å². The molecule has 0 unspecified atom stereocenters. The average Bonchev–Trinajstić information content (AvgIpc) is 3.05. The second-order valence-electron chi connectivity index (χ2n) is 5.11. The molecule has 0 aromatic carbocycles. The molecule has 110 valence electrons. The quantitative estimate of drug-likeness (QED) is 0.878. The van der Waals surface area contributed by atoms with E-state index in [1.54, 1.807) is 35.5 Å². The summed E-state index contributed by atoms with van der Waals surface area (Å²) in [7, 11) is 0. The number of nitrogens with one attached hydrogen (secondary N) is 1. The molecule has 4 nitrogen and oxygen atoms in total. The van der Waals surface area contributed by atoms with Gasteiger partial charge in [0.25, 0.3) is 5.91 Å². The predicted octanol–water partition coefficient (Wildman–Crippen LogP) is 3.37. The van der Waals surface area contributed by atoms with Gasteiger partial charge in [0.05, 0.1) is 0 Å². The average molecular weight is 319 g/mol. The summed E-state index contributed by atoms with van der Waals surface area (Å²) in [5.74, 6) is 0.0544. The highest BCUT2D eigenvalue weighted by molar-refractivity contribution is 7.99. The lowest BCUT2D eigenvalue weighted by Crippen LogP contribution is -2.38. The van der Waals surface area contributed by atoms with Crippen LogP contribution < -0.4 is 5.32 Å². The van der Waals surface area contributed by atoms with Gasteiger partial charge >= 0.3 is 0 Å². The number of nitrogens with zero attached hydrogens (tertiary/aromatic N) is 2. The molecule has 0 spiro atoms. The van der Waals surface area contributed by atoms with E-state index < -0.39 is 0 Å². The molecule has 1 fully saturated rings. The number of thioether (sulfide) groups is 1. The third-order valence-electron chi connectivity index (χ3n) is 3.61. The topological polar surface area (TPSA) is 54.9 Å². The lowest BCUT2D eigenvalue weighted by molar-refractivity contribution is 0.0928. The Morgan fingerprint density at radius 3 is 2.67 bits per heavy atom. The lowest BCUT2D eigenvalue weighted by atomic mass is 9.95. The maximum absolute atomic E-state index is 12.0. The van der Waals surface area contributed by atoms with Gasteiger partial charge in [-0.3, -0.25) is 4.79 Å². The van der Waals surface area contributed by atoms with Crippen LogP contribution >= 0.6 is 23.1 Å². The Hall–Kier alpha value is -1.40. The van der Waals surface area contributed by atoms with Crippen molar-refractivity contribution in [2.75, 3.05) is 0 Å². The van der Waals surface area contributed by atoms with Crippen LogP contribution in [0, 0.1) is 0 Å². The molecule has 6 heteroatoms. The van der Waals surface area contributed by atoms with Gasteiger partial charge in [0.1, 0.15) is 0 Å². The maximum Gasteiger partial charge on any atom is 0.252 e. The number of carbonyl (C=O) groups is 1. The van der Waals surface area contributed by atoms with E-state index in [4.69, 9.17) is 0 Å². The van der Waals surface area contributed by atoms with E-state index in [2.05, 4.69) is 15.3 Å². The van der Waals surface area contributed by atoms with Gasteiger partial charge < -0.3 is 5.32 Å². The van der Waals surface area contributed by atoms with Gasteiger partial charge in [0, 0.05) is 34.6 Å². The highest BCUT2D eigenvalue weighted by Gasteiger charge is 2.24. The van der Waals surface area contributed by atoms with Crippen molar-refractivity contribution in [3.63, 3.8) is 0 Å². The molecule has 21 heavy (non-hydrogen) atoms. The SMILES string of the molecule is O=C(NC1CCC(Sc2ncccn2)CC1)c1ccsc1. The summed E-state index contributed by atoms with van der Waals surface area (Å²) < 4.78 is 0. The Kier molecular flexibility index (Phi) is 4.87. The lowest BCUT2D eigenvalue weighted by Gasteiger charge is -2.28. The van der Waals surface area contributed by atoms with Gasteiger partial charge in [-0.05, 0) is 43.2 Å². The molecule has 2 aromatic rings. The van der Waals surface area contributed by atoms with Crippen LogP contribution in [0.15, 0.2) is 40.4 Å². The second-order valence-corrected chi connectivity index (χ2v) is 7.16. The van der Waals surface area contributed by atoms with Gasteiger partial charge in [0.2, 0.25) is 0 Å². The van der Waals surface area contributed by atoms with E-state index in [0.29, 0.717) is 11.3 Å². The van der Waals surface area contributed by atoms with Crippen molar-refractivity contribution in [1.29, 1.82) is 0 Å². The van der Waals surface area contributed by atoms with Crippen LogP contribution in [0.1, 0.15) is 36.0 Å². The third kappa shape index (κ3) is 4.04. The molecule has 1 aliphatic carbocycles. The molecule has 2 aromatic heterocycles. The molecule has 0 atom stereocenters. The van der Waals surface area contributed by atoms with E-state index in [1.165, 1.54) is 0 Å². The summed E-state index contributed by atoms with van der Waals surface area (Å²) in [4.78, 5) is 20.5. The van der Waals surface area contributed by atoms with Crippen molar-refractivity contribution in [2.45, 2.75) is 42.1 Å². The smallest absolute Gasteiger partial charge is 0.252 e. The largest absolute Gasteiger partial charge is 0.349 e. The molecular weight excluding hydrogens is 302 g/mol. The fourth-order valence-corrected chi connectivity index (χ4v) is 4.17. The number of hydrogen-bond acceptors (Lipinski definition) is 5. The summed E-state index contributed by atoms with van der Waals surface area (Å²) >= 11 is 3.30. The molecule has 3 rings (SSSR count). The Morgan fingerprint density at radius 2 is 2.00 bits per heavy atom. The first-order chi connectivity index (χ1) is 10.3. The van der Waals surface area contributed by atoms with Gasteiger partial charge in [-0.1, -0.05) is 11.8 Å². The molecule has 0 saturated heterocycles. The molecular formula is C15H17N3OS2. The highest BCUT2D eigenvalue weighted by atomic mass is 32.2. The van der Waals surface area contributed by atoms with E-state index in [9.17, 15) is 4.79 Å². The highest BCUT2D eigenvalue weighted by Crippen LogP contribution is 2.31. The molecule has 0 aliphatic heterocycles. The van der Waals surface area contributed by atoms with Gasteiger partial charge in [-0.15, -0.1) is 0 Å². The number of rotatable bonds is 4. The minimum absolute atomic E-state index is 0.0544. The van der Waals surface area contributed by atoms with Crippen LogP contribution in [-0.4, -0.2) is 27.2 Å². The summed E-state index contributed by atoms with van der Waals surface area (Å²) in [6, 6.07) is 4.00. The van der Waals surface area contributed by atoms with Gasteiger partial charge in [-0.2, -0.15) is 11.3 Å². The first kappa shape index (κ1) is 14.5. The van der Waals surface area contributed by atoms with Crippen LogP contribution in [0.5, 0.6) is 0 Å². The van der Waals surface area contributed by atoms with Crippen LogP contribution in [0.2, 0.25) is 0 Å². The summed E-state index contributed by atoms with van der Waals surface area (Å²) in [6.07, 6.45) is 7.81. The Bertz CT molecular complexity index is 566. The first-order valence-corrected chi connectivity index (χ1v) is 8.90. The van der Waals surface area contributed by atoms with Crippen LogP contribution in [0.25, 0.3) is 0 Å². The zero-order valence-corrected chi connectivity index (χ0v) is 13.2. The molecule has 1 N–H and O–H groups in total. The number of amides is 1. The van der Waals surface area contributed by atoms with Crippen molar-refractivity contribution < 1.29 is 4.79 Å². The normalized spacial score (nSPS) is 21.9. The van der Waals surface area contributed by atoms with E-state index >= 15 is 0 Å². The minimum atomic E-state index is 0.0544. The summed E-state index contributed by atoms with van der Waals surface area (Å²) in [6.45, 7) is 0. The Labute approximate surface area is 132 Å². The fraction of sp³-hybridized carbons (Fsp3) is 0.400. The van der Waals surface area contributed by atoms with Crippen molar-refractivity contribution in [3.8, 4) is 0 Å². The zero-order valence-electron chi connectivity index (χ0n) is 11.6. The molecule has 0 bridgehead atoms. The first-order valence-electron chi connectivity index (χ1n) is 7.08. The third-order valence-corrected chi connectivity index (χ3v) is 5.52. The molecule has 1 saturated carbocycles. The van der Waals surface area contributed by atoms with E-state index in [1.807, 2.05) is 22.9 Å². The standard InChI is InChI=1S/C15H17N3OS2/c19-14(11-6-9-20-10-11)18-12-2-4-13(5-3-12)21-15-16-7-1-8-17-15/h1,6-10,12-13H,2-5H2,(H,18,19). The molecule has 1 amide bonds. The van der Waals surface area contributed by atoms with E-state index in [-0.39, 0.29) is 5.91 Å². The monoisotopic (exact) mass is 319 g/mol. The molecule has 2 heterocycles. The van der Waals surface area contributed by atoms with Crippen LogP contribution in [-0.2, 0) is 0 Å². The van der Waals surface area contributed by atoms with Crippen molar-refractivity contribution in [2.24, 2.45) is 0 Å². The Morgan fingerprint density at radius 1 is 1.24 bits per heavy atom. The number of carbonyl (C=O) groups excluding carboxylic acids is 1. The van der Waals surface area contributed by atoms with Crippen LogP contribution in [0.3, 0.4) is 0 Å². The maximum atomic E-state index is 12.0. The summed E-state index contributed by atoms with van der Waals surface area (Å²) in [5, 5.41) is 8.37. The number of hydrogen-bond donors (Lipinski definition) is 1. The fourth-order valence-electron chi connectivity index (χ4n) is 2.48. The van der Waals surface area contributed by atoms with Gasteiger partial charge in [0.15, 0.2) is 5.16 Å². The van der Waals surface area contributed by atoms with Crippen molar-refractivity contribution in [3.05, 3.63) is 40.8 Å². The molecule has 1 aliphatic rings. The zero-order chi connectivity index (χ0) is 14.5. The van der Waals surface area contributed by atoms with Gasteiger partial charge in [-0.25, -0.2) is 9.97 Å². The second kappa shape index (κ2) is 7.04. The number of aromatic nitrogens is 2.